The fraction of sp³-hybridized carbons (Fsp3) is 0.417. The maximum absolute atomic E-state index is 11.9. The summed E-state index contributed by atoms with van der Waals surface area (Å²) >= 11 is 0. The molecule has 17 heavy (non-hydrogen) atoms. The molecule has 2 aliphatic rings. The van der Waals surface area contributed by atoms with Crippen molar-refractivity contribution in [1.82, 2.24) is 4.90 Å². The first-order valence-electron chi connectivity index (χ1n) is 5.59. The third kappa shape index (κ3) is 1.82. The molecule has 2 heterocycles. The number of β-amino-alcohol motifs (C(OH)–C–C–N with tert-alkyl or cyclic N) is 1. The molecule has 5 heteroatoms. The average molecular weight is 235 g/mol. The van der Waals surface area contributed by atoms with E-state index in [0.29, 0.717) is 24.6 Å². The van der Waals surface area contributed by atoms with Gasteiger partial charge in [-0.2, -0.15) is 0 Å². The SMILES string of the molecule is O=C(C1COc2ccccc2O1)N1CC(O)C1. The topological polar surface area (TPSA) is 59.0 Å². The Kier molecular flexibility index (Phi) is 2.40. The number of ether oxygens (including phenoxy) is 2. The number of aliphatic hydroxyl groups is 1. The second kappa shape index (κ2) is 3.92. The third-order valence-electron chi connectivity index (χ3n) is 2.96. The molecule has 1 fully saturated rings. The van der Waals surface area contributed by atoms with Crippen LogP contribution in [-0.2, 0) is 4.79 Å². The van der Waals surface area contributed by atoms with E-state index in [1.165, 1.54) is 0 Å². The molecule has 0 radical (unpaired) electrons. The first kappa shape index (κ1) is 10.4. The van der Waals surface area contributed by atoms with Gasteiger partial charge < -0.3 is 19.5 Å². The van der Waals surface area contributed by atoms with Crippen molar-refractivity contribution in [2.75, 3.05) is 19.7 Å². The van der Waals surface area contributed by atoms with Gasteiger partial charge in [-0.1, -0.05) is 12.1 Å². The number of nitrogens with zero attached hydrogens (tertiary/aromatic N) is 1. The fourth-order valence-corrected chi connectivity index (χ4v) is 1.98. The molecule has 1 N–H and O–H groups in total. The van der Waals surface area contributed by atoms with Crippen LogP contribution in [-0.4, -0.2) is 47.8 Å². The summed E-state index contributed by atoms with van der Waals surface area (Å²) in [5.74, 6) is 1.14. The van der Waals surface area contributed by atoms with E-state index in [-0.39, 0.29) is 12.5 Å². The van der Waals surface area contributed by atoms with E-state index in [0.717, 1.165) is 0 Å². The minimum Gasteiger partial charge on any atom is -0.485 e. The highest BCUT2D eigenvalue weighted by Crippen LogP contribution is 2.31. The summed E-state index contributed by atoms with van der Waals surface area (Å²) in [7, 11) is 0. The Morgan fingerprint density at radius 2 is 2.00 bits per heavy atom. The van der Waals surface area contributed by atoms with Crippen molar-refractivity contribution in [3.05, 3.63) is 24.3 Å². The number of likely N-dealkylation sites (tertiary alicyclic amines) is 1. The molecule has 0 aromatic heterocycles. The third-order valence-corrected chi connectivity index (χ3v) is 2.96. The summed E-state index contributed by atoms with van der Waals surface area (Å²) < 4.78 is 11.1. The molecule has 5 nitrogen and oxygen atoms in total. The van der Waals surface area contributed by atoms with E-state index < -0.39 is 12.2 Å². The highest BCUT2D eigenvalue weighted by atomic mass is 16.6. The van der Waals surface area contributed by atoms with Crippen LogP contribution in [0.1, 0.15) is 0 Å². The zero-order valence-corrected chi connectivity index (χ0v) is 9.20. The van der Waals surface area contributed by atoms with E-state index in [4.69, 9.17) is 14.6 Å². The van der Waals surface area contributed by atoms with Crippen molar-refractivity contribution in [1.29, 1.82) is 0 Å². The molecule has 0 saturated carbocycles. The van der Waals surface area contributed by atoms with Crippen LogP contribution >= 0.6 is 0 Å². The smallest absolute Gasteiger partial charge is 0.267 e. The minimum atomic E-state index is -0.600. The quantitative estimate of drug-likeness (QED) is 0.746. The Morgan fingerprint density at radius 3 is 2.71 bits per heavy atom. The molecule has 3 rings (SSSR count). The summed E-state index contributed by atoms with van der Waals surface area (Å²) in [6.07, 6.45) is -0.992. The van der Waals surface area contributed by atoms with E-state index in [2.05, 4.69) is 0 Å². The van der Waals surface area contributed by atoms with Gasteiger partial charge >= 0.3 is 0 Å². The van der Waals surface area contributed by atoms with E-state index in [9.17, 15) is 4.79 Å². The van der Waals surface area contributed by atoms with Gasteiger partial charge in [-0.15, -0.1) is 0 Å². The van der Waals surface area contributed by atoms with Crippen molar-refractivity contribution in [2.24, 2.45) is 0 Å². The second-order valence-electron chi connectivity index (χ2n) is 4.26. The number of aliphatic hydroxyl groups excluding tert-OH is 1. The van der Waals surface area contributed by atoms with Gasteiger partial charge in [-0.05, 0) is 12.1 Å². The summed E-state index contributed by atoms with van der Waals surface area (Å²) in [6.45, 7) is 1.00. The Morgan fingerprint density at radius 1 is 1.29 bits per heavy atom. The van der Waals surface area contributed by atoms with E-state index in [1.807, 2.05) is 18.2 Å². The van der Waals surface area contributed by atoms with Crippen LogP contribution in [0.15, 0.2) is 24.3 Å². The molecule has 0 aliphatic carbocycles. The molecule has 1 unspecified atom stereocenters. The zero-order valence-electron chi connectivity index (χ0n) is 9.20. The van der Waals surface area contributed by atoms with Crippen LogP contribution in [0.3, 0.4) is 0 Å². The van der Waals surface area contributed by atoms with Gasteiger partial charge in [0.25, 0.3) is 5.91 Å². The Labute approximate surface area is 98.6 Å². The van der Waals surface area contributed by atoms with Gasteiger partial charge in [0.05, 0.1) is 6.10 Å². The van der Waals surface area contributed by atoms with Crippen molar-refractivity contribution in [3.63, 3.8) is 0 Å². The predicted molar refractivity (Wildman–Crippen MR) is 58.9 cm³/mol. The molecular formula is C12H13NO4. The normalized spacial score (nSPS) is 23.1. The number of carbonyl (C=O) groups is 1. The molecule has 1 atom stereocenters. The van der Waals surface area contributed by atoms with Gasteiger partial charge in [0.2, 0.25) is 6.10 Å². The summed E-state index contributed by atoms with van der Waals surface area (Å²) in [5.41, 5.74) is 0. The number of carbonyl (C=O) groups excluding carboxylic acids is 1. The molecule has 90 valence electrons. The average Bonchev–Trinajstić information content (AvgIpc) is 2.33. The lowest BCUT2D eigenvalue weighted by molar-refractivity contribution is -0.151. The van der Waals surface area contributed by atoms with Crippen LogP contribution in [0.2, 0.25) is 0 Å². The van der Waals surface area contributed by atoms with Crippen LogP contribution in [0.5, 0.6) is 11.5 Å². The van der Waals surface area contributed by atoms with Crippen molar-refractivity contribution in [2.45, 2.75) is 12.2 Å². The second-order valence-corrected chi connectivity index (χ2v) is 4.26. The molecule has 1 saturated heterocycles. The number of amides is 1. The lowest BCUT2D eigenvalue weighted by Gasteiger charge is -2.38. The highest BCUT2D eigenvalue weighted by Gasteiger charge is 2.36. The van der Waals surface area contributed by atoms with Gasteiger partial charge in [-0.3, -0.25) is 4.79 Å². The monoisotopic (exact) mass is 235 g/mol. The molecule has 1 aromatic rings. The Balaban J connectivity index is 1.69. The van der Waals surface area contributed by atoms with Gasteiger partial charge in [0, 0.05) is 13.1 Å². The lowest BCUT2D eigenvalue weighted by atomic mass is 10.1. The first-order chi connectivity index (χ1) is 8.24. The van der Waals surface area contributed by atoms with Crippen LogP contribution in [0, 0.1) is 0 Å². The van der Waals surface area contributed by atoms with Gasteiger partial charge in [0.1, 0.15) is 6.61 Å². The van der Waals surface area contributed by atoms with Crippen LogP contribution in [0.4, 0.5) is 0 Å². The van der Waals surface area contributed by atoms with Crippen molar-refractivity contribution < 1.29 is 19.4 Å². The van der Waals surface area contributed by atoms with Crippen molar-refractivity contribution >= 4 is 5.91 Å². The van der Waals surface area contributed by atoms with Gasteiger partial charge in [-0.25, -0.2) is 0 Å². The summed E-state index contributed by atoms with van der Waals surface area (Å²) in [4.78, 5) is 13.5. The maximum Gasteiger partial charge on any atom is 0.267 e. The number of hydrogen-bond acceptors (Lipinski definition) is 4. The predicted octanol–water partition coefficient (Wildman–Crippen LogP) is 0.0295. The molecule has 1 amide bonds. The molecule has 1 aromatic carbocycles. The number of fused-ring (bicyclic) bond motifs is 1. The van der Waals surface area contributed by atoms with E-state index in [1.54, 1.807) is 11.0 Å². The van der Waals surface area contributed by atoms with E-state index >= 15 is 0 Å². The fourth-order valence-electron chi connectivity index (χ4n) is 1.98. The molecular weight excluding hydrogens is 222 g/mol. The standard InChI is InChI=1S/C12H13NO4/c14-8-5-13(6-8)12(15)11-7-16-9-3-1-2-4-10(9)17-11/h1-4,8,11,14H,5-7H2. The summed E-state index contributed by atoms with van der Waals surface area (Å²) in [5, 5.41) is 9.16. The minimum absolute atomic E-state index is 0.121. The van der Waals surface area contributed by atoms with Gasteiger partial charge in [0.15, 0.2) is 11.5 Å². The Bertz CT molecular complexity index is 442. The molecule has 2 aliphatic heterocycles. The number of para-hydroxylation sites is 2. The number of benzene rings is 1. The van der Waals surface area contributed by atoms with Crippen LogP contribution < -0.4 is 9.47 Å². The zero-order chi connectivity index (χ0) is 11.8. The largest absolute Gasteiger partial charge is 0.485 e. The lowest BCUT2D eigenvalue weighted by Crippen LogP contribution is -2.58. The van der Waals surface area contributed by atoms with Crippen molar-refractivity contribution in [3.8, 4) is 11.5 Å². The highest BCUT2D eigenvalue weighted by molar-refractivity contribution is 5.82. The number of hydrogen-bond donors (Lipinski definition) is 1. The first-order valence-corrected chi connectivity index (χ1v) is 5.59. The number of rotatable bonds is 1. The summed E-state index contributed by atoms with van der Waals surface area (Å²) in [6, 6.07) is 7.28. The van der Waals surface area contributed by atoms with Crippen LogP contribution in [0.25, 0.3) is 0 Å². The maximum atomic E-state index is 11.9. The molecule has 0 spiro atoms. The Hall–Kier alpha value is -1.75. The molecule has 0 bridgehead atoms.